The quantitative estimate of drug-likeness (QED) is 0.363. The number of esters is 2. The van der Waals surface area contributed by atoms with Crippen LogP contribution in [0.1, 0.15) is 10.5 Å². The normalized spacial score (nSPS) is 11.5. The molecule has 0 radical (unpaired) electrons. The van der Waals surface area contributed by atoms with Crippen molar-refractivity contribution in [1.29, 1.82) is 0 Å². The van der Waals surface area contributed by atoms with E-state index in [1.165, 1.54) is 12.3 Å². The Bertz CT molecular complexity index is 1350. The highest BCUT2D eigenvalue weighted by Gasteiger charge is 2.43. The van der Waals surface area contributed by atoms with E-state index in [4.69, 9.17) is 5.73 Å². The van der Waals surface area contributed by atoms with Crippen LogP contribution in [0, 0.1) is 0 Å². The van der Waals surface area contributed by atoms with Crippen LogP contribution in [0.15, 0.2) is 60.9 Å². The Morgan fingerprint density at radius 2 is 1.79 bits per heavy atom. The zero-order valence-corrected chi connectivity index (χ0v) is 16.9. The maximum atomic E-state index is 12.5. The van der Waals surface area contributed by atoms with Gasteiger partial charge in [0.15, 0.2) is 0 Å². The summed E-state index contributed by atoms with van der Waals surface area (Å²) >= 11 is 0. The summed E-state index contributed by atoms with van der Waals surface area (Å²) in [5.74, 6) is -4.08. The van der Waals surface area contributed by atoms with E-state index in [2.05, 4.69) is 19.8 Å². The summed E-state index contributed by atoms with van der Waals surface area (Å²) < 4.78 is 42.4. The SMILES string of the molecule is NCCn1nc(-c2ccnc(-c3cnc4ccccc4c3)c2)cc1C(=O)OC(=O)C(F)(F)F. The fraction of sp³-hybridized carbons (Fsp3) is 0.136. The average Bonchev–Trinajstić information content (AvgIpc) is 3.22. The lowest BCUT2D eigenvalue weighted by atomic mass is 10.1. The van der Waals surface area contributed by atoms with Gasteiger partial charge in [-0.05, 0) is 30.3 Å². The van der Waals surface area contributed by atoms with Crippen molar-refractivity contribution in [2.75, 3.05) is 6.54 Å². The van der Waals surface area contributed by atoms with Gasteiger partial charge in [0.1, 0.15) is 5.69 Å². The number of nitrogens with two attached hydrogens (primary N) is 1. The number of aromatic nitrogens is 4. The fourth-order valence-electron chi connectivity index (χ4n) is 3.17. The predicted octanol–water partition coefficient (Wildman–Crippen LogP) is 3.36. The summed E-state index contributed by atoms with van der Waals surface area (Å²) in [5.41, 5.74) is 8.14. The summed E-state index contributed by atoms with van der Waals surface area (Å²) in [6.45, 7) is 0.0795. The van der Waals surface area contributed by atoms with Crippen molar-refractivity contribution in [2.24, 2.45) is 5.73 Å². The van der Waals surface area contributed by atoms with Crippen molar-refractivity contribution in [3.8, 4) is 22.5 Å². The Morgan fingerprint density at radius 3 is 2.55 bits per heavy atom. The summed E-state index contributed by atoms with van der Waals surface area (Å²) in [7, 11) is 0. The molecule has 4 rings (SSSR count). The molecule has 4 aromatic rings. The number of nitrogens with zero attached hydrogens (tertiary/aromatic N) is 4. The van der Waals surface area contributed by atoms with Crippen molar-refractivity contribution in [3.63, 3.8) is 0 Å². The van der Waals surface area contributed by atoms with E-state index in [0.717, 1.165) is 21.1 Å². The summed E-state index contributed by atoms with van der Waals surface area (Å²) in [6, 6.07) is 14.1. The van der Waals surface area contributed by atoms with Gasteiger partial charge in [-0.2, -0.15) is 18.3 Å². The maximum Gasteiger partial charge on any atom is 0.491 e. The number of hydrogen-bond donors (Lipinski definition) is 1. The molecule has 0 saturated carbocycles. The van der Waals surface area contributed by atoms with Gasteiger partial charge in [-0.15, -0.1) is 0 Å². The summed E-state index contributed by atoms with van der Waals surface area (Å²) in [5, 5.41) is 5.17. The number of ether oxygens (including phenoxy) is 1. The van der Waals surface area contributed by atoms with Gasteiger partial charge in [0.05, 0.1) is 23.4 Å². The van der Waals surface area contributed by atoms with Crippen LogP contribution in [-0.4, -0.2) is 44.4 Å². The van der Waals surface area contributed by atoms with E-state index < -0.39 is 18.1 Å². The number of alkyl halides is 3. The van der Waals surface area contributed by atoms with E-state index in [1.807, 2.05) is 30.3 Å². The van der Waals surface area contributed by atoms with Gasteiger partial charge >= 0.3 is 18.1 Å². The lowest BCUT2D eigenvalue weighted by Gasteiger charge is -2.07. The first-order chi connectivity index (χ1) is 15.8. The highest BCUT2D eigenvalue weighted by atomic mass is 19.4. The first-order valence-electron chi connectivity index (χ1n) is 9.69. The number of carbonyl (C=O) groups excluding carboxylic acids is 2. The summed E-state index contributed by atoms with van der Waals surface area (Å²) in [6.07, 6.45) is -2.09. The number of para-hydroxylation sites is 1. The molecule has 3 aromatic heterocycles. The van der Waals surface area contributed by atoms with Gasteiger partial charge in [0.25, 0.3) is 0 Å². The second-order valence-electron chi connectivity index (χ2n) is 6.95. The molecule has 0 bridgehead atoms. The topological polar surface area (TPSA) is 113 Å². The molecule has 0 aliphatic rings. The van der Waals surface area contributed by atoms with Crippen molar-refractivity contribution in [3.05, 3.63) is 66.6 Å². The van der Waals surface area contributed by atoms with E-state index >= 15 is 0 Å². The molecule has 0 atom stereocenters. The molecule has 0 saturated heterocycles. The van der Waals surface area contributed by atoms with E-state index in [1.54, 1.807) is 18.3 Å². The molecule has 2 N–H and O–H groups in total. The molecule has 0 amide bonds. The van der Waals surface area contributed by atoms with Crippen molar-refractivity contribution < 1.29 is 27.5 Å². The molecule has 8 nitrogen and oxygen atoms in total. The van der Waals surface area contributed by atoms with Crippen LogP contribution >= 0.6 is 0 Å². The average molecular weight is 455 g/mol. The Morgan fingerprint density at radius 1 is 1.00 bits per heavy atom. The Hall–Kier alpha value is -4.12. The first-order valence-corrected chi connectivity index (χ1v) is 9.69. The third-order valence-corrected chi connectivity index (χ3v) is 4.69. The van der Waals surface area contributed by atoms with Crippen molar-refractivity contribution in [2.45, 2.75) is 12.7 Å². The smallest absolute Gasteiger partial charge is 0.381 e. The second kappa shape index (κ2) is 8.79. The standard InChI is InChI=1S/C22H16F3N5O3/c23-22(24,25)21(32)33-20(31)19-11-18(29-30(19)8-6-26)14-5-7-27-17(10-14)15-9-13-3-1-2-4-16(13)28-12-15/h1-5,7,9-12H,6,8,26H2. The van der Waals surface area contributed by atoms with Gasteiger partial charge in [-0.3, -0.25) is 14.6 Å². The third-order valence-electron chi connectivity index (χ3n) is 4.69. The maximum absolute atomic E-state index is 12.5. The minimum Gasteiger partial charge on any atom is -0.381 e. The second-order valence-corrected chi connectivity index (χ2v) is 6.95. The number of fused-ring (bicyclic) bond motifs is 1. The molecule has 0 aliphatic heterocycles. The van der Waals surface area contributed by atoms with Crippen molar-refractivity contribution in [1.82, 2.24) is 19.7 Å². The van der Waals surface area contributed by atoms with Gasteiger partial charge in [-0.25, -0.2) is 9.59 Å². The molecule has 3 heterocycles. The predicted molar refractivity (Wildman–Crippen MR) is 112 cm³/mol. The molecule has 168 valence electrons. The molecule has 1 aromatic carbocycles. The number of rotatable bonds is 5. The monoisotopic (exact) mass is 455 g/mol. The van der Waals surface area contributed by atoms with Crippen LogP contribution in [0.3, 0.4) is 0 Å². The van der Waals surface area contributed by atoms with E-state index in [0.29, 0.717) is 11.3 Å². The Labute approximate surface area is 184 Å². The van der Waals surface area contributed by atoms with Gasteiger partial charge in [0.2, 0.25) is 0 Å². The van der Waals surface area contributed by atoms with Crippen LogP contribution < -0.4 is 5.73 Å². The van der Waals surface area contributed by atoms with Crippen LogP contribution in [0.4, 0.5) is 13.2 Å². The number of pyridine rings is 2. The minimum absolute atomic E-state index is 0.0250. The number of benzene rings is 1. The van der Waals surface area contributed by atoms with Gasteiger partial charge < -0.3 is 10.5 Å². The van der Waals surface area contributed by atoms with Crippen molar-refractivity contribution >= 4 is 22.8 Å². The van der Waals surface area contributed by atoms with E-state index in [-0.39, 0.29) is 24.5 Å². The number of hydrogen-bond acceptors (Lipinski definition) is 7. The highest BCUT2D eigenvalue weighted by Crippen LogP contribution is 2.26. The first kappa shape index (κ1) is 22.1. The lowest BCUT2D eigenvalue weighted by Crippen LogP contribution is -2.29. The fourth-order valence-corrected chi connectivity index (χ4v) is 3.17. The summed E-state index contributed by atoms with van der Waals surface area (Å²) in [4.78, 5) is 32.0. The van der Waals surface area contributed by atoms with Crippen LogP contribution in [0.25, 0.3) is 33.4 Å². The van der Waals surface area contributed by atoms with Crippen LogP contribution in [0.2, 0.25) is 0 Å². The highest BCUT2D eigenvalue weighted by molar-refractivity contribution is 5.97. The van der Waals surface area contributed by atoms with E-state index in [9.17, 15) is 22.8 Å². The van der Waals surface area contributed by atoms with Crippen LogP contribution in [0.5, 0.6) is 0 Å². The largest absolute Gasteiger partial charge is 0.491 e. The van der Waals surface area contributed by atoms with Crippen LogP contribution in [-0.2, 0) is 16.1 Å². The molecule has 0 aliphatic carbocycles. The number of carbonyl (C=O) groups is 2. The zero-order valence-electron chi connectivity index (χ0n) is 16.9. The molecule has 0 fully saturated rings. The van der Waals surface area contributed by atoms with Gasteiger partial charge in [0, 0.05) is 35.5 Å². The molecular weight excluding hydrogens is 439 g/mol. The Balaban J connectivity index is 1.68. The third kappa shape index (κ3) is 4.72. The minimum atomic E-state index is -5.30. The lowest BCUT2D eigenvalue weighted by molar-refractivity contribution is -0.193. The zero-order chi connectivity index (χ0) is 23.6. The molecule has 33 heavy (non-hydrogen) atoms. The molecule has 0 unspecified atom stereocenters. The molecule has 11 heteroatoms. The molecule has 0 spiro atoms. The number of halogens is 3. The molecular formula is C22H16F3N5O3. The van der Waals surface area contributed by atoms with Gasteiger partial charge in [-0.1, -0.05) is 18.2 Å². The Kier molecular flexibility index (Phi) is 5.88.